The van der Waals surface area contributed by atoms with E-state index >= 15 is 0 Å². The third-order valence-corrected chi connectivity index (χ3v) is 2.94. The highest BCUT2D eigenvalue weighted by Gasteiger charge is 2.03. The first kappa shape index (κ1) is 10.7. The van der Waals surface area contributed by atoms with Gasteiger partial charge in [-0.3, -0.25) is 4.98 Å². The number of nitrogens with two attached hydrogens (primary N) is 1. The number of pyridine rings is 1. The molecule has 0 aliphatic heterocycles. The molecule has 0 atom stereocenters. The van der Waals surface area contributed by atoms with E-state index in [1.54, 1.807) is 12.3 Å². The van der Waals surface area contributed by atoms with E-state index in [0.29, 0.717) is 0 Å². The highest BCUT2D eigenvalue weighted by Crippen LogP contribution is 2.25. The average molecular weight is 238 g/mol. The fourth-order valence-electron chi connectivity index (χ4n) is 1.96. The number of nitrogen functional groups attached to an aromatic ring is 1. The normalized spacial score (nSPS) is 10.7. The number of aromatic nitrogens is 1. The monoisotopic (exact) mass is 238 g/mol. The third kappa shape index (κ3) is 1.80. The molecule has 0 amide bonds. The Morgan fingerprint density at radius 1 is 0.944 bits per heavy atom. The number of hydrogen-bond acceptors (Lipinski definition) is 2. The molecule has 3 aromatic rings. The minimum Gasteiger partial charge on any atom is -0.396 e. The van der Waals surface area contributed by atoms with Crippen LogP contribution in [0.2, 0.25) is 0 Å². The van der Waals surface area contributed by atoms with E-state index in [9.17, 15) is 4.39 Å². The summed E-state index contributed by atoms with van der Waals surface area (Å²) in [6.45, 7) is 0. The molecule has 2 nitrogen and oxygen atoms in total. The van der Waals surface area contributed by atoms with Gasteiger partial charge in [0.1, 0.15) is 5.82 Å². The number of fused-ring (bicyclic) bond motifs is 1. The molecule has 0 saturated carbocycles. The maximum absolute atomic E-state index is 13.4. The molecule has 1 aromatic heterocycles. The quantitative estimate of drug-likeness (QED) is 0.657. The molecule has 0 fully saturated rings. The highest BCUT2D eigenvalue weighted by molar-refractivity contribution is 5.84. The molecular weight excluding hydrogens is 227 g/mol. The Morgan fingerprint density at radius 2 is 1.72 bits per heavy atom. The molecule has 0 aliphatic rings. The molecule has 1 heterocycles. The van der Waals surface area contributed by atoms with E-state index in [0.717, 1.165) is 22.0 Å². The lowest BCUT2D eigenvalue weighted by molar-refractivity contribution is 0.633. The Morgan fingerprint density at radius 3 is 2.56 bits per heavy atom. The van der Waals surface area contributed by atoms with Crippen LogP contribution < -0.4 is 5.73 Å². The zero-order valence-corrected chi connectivity index (χ0v) is 9.60. The van der Waals surface area contributed by atoms with Gasteiger partial charge >= 0.3 is 0 Å². The third-order valence-electron chi connectivity index (χ3n) is 2.94. The van der Waals surface area contributed by atoms with Crippen LogP contribution >= 0.6 is 0 Å². The molecule has 0 unspecified atom stereocenters. The number of hydrogen-bond donors (Lipinski definition) is 1. The number of nitrogens with zero attached hydrogens (tertiary/aromatic N) is 1. The summed E-state index contributed by atoms with van der Waals surface area (Å²) in [6.07, 6.45) is 1.75. The maximum atomic E-state index is 13.4. The van der Waals surface area contributed by atoms with Crippen molar-refractivity contribution < 1.29 is 4.39 Å². The van der Waals surface area contributed by atoms with Gasteiger partial charge in [0.25, 0.3) is 0 Å². The van der Waals surface area contributed by atoms with Crippen molar-refractivity contribution >= 4 is 16.6 Å². The molecule has 0 radical (unpaired) electrons. The minimum atomic E-state index is -0.390. The van der Waals surface area contributed by atoms with Crippen molar-refractivity contribution in [1.29, 1.82) is 0 Å². The molecule has 3 rings (SSSR count). The van der Waals surface area contributed by atoms with Crippen molar-refractivity contribution in [2.45, 2.75) is 0 Å². The van der Waals surface area contributed by atoms with Crippen LogP contribution in [-0.4, -0.2) is 4.98 Å². The van der Waals surface area contributed by atoms with Crippen LogP contribution in [0.5, 0.6) is 0 Å². The molecule has 0 bridgehead atoms. The molecule has 0 saturated heterocycles. The Balaban J connectivity index is 2.16. The van der Waals surface area contributed by atoms with Crippen LogP contribution in [-0.2, 0) is 0 Å². The molecule has 2 N–H and O–H groups in total. The predicted molar refractivity (Wildman–Crippen MR) is 71.5 cm³/mol. The van der Waals surface area contributed by atoms with Gasteiger partial charge < -0.3 is 5.73 Å². The highest BCUT2D eigenvalue weighted by atomic mass is 19.1. The number of halogens is 1. The van der Waals surface area contributed by atoms with Crippen molar-refractivity contribution in [3.05, 3.63) is 60.5 Å². The smallest absolute Gasteiger partial charge is 0.146 e. The Labute approximate surface area is 104 Å². The minimum absolute atomic E-state index is 0.168. The topological polar surface area (TPSA) is 38.9 Å². The van der Waals surface area contributed by atoms with Gasteiger partial charge in [0.15, 0.2) is 0 Å². The predicted octanol–water partition coefficient (Wildman–Crippen LogP) is 3.62. The van der Waals surface area contributed by atoms with Gasteiger partial charge in [-0.2, -0.15) is 0 Å². The largest absolute Gasteiger partial charge is 0.396 e. The lowest BCUT2D eigenvalue weighted by Gasteiger charge is -2.05. The van der Waals surface area contributed by atoms with Gasteiger partial charge in [-0.05, 0) is 41.5 Å². The van der Waals surface area contributed by atoms with E-state index in [-0.39, 0.29) is 5.69 Å². The van der Waals surface area contributed by atoms with Crippen molar-refractivity contribution in [2.75, 3.05) is 5.73 Å². The fraction of sp³-hybridized carbons (Fsp3) is 0. The van der Waals surface area contributed by atoms with Crippen molar-refractivity contribution in [3.8, 4) is 11.1 Å². The van der Waals surface area contributed by atoms with Crippen molar-refractivity contribution in [3.63, 3.8) is 0 Å². The zero-order valence-electron chi connectivity index (χ0n) is 9.60. The van der Waals surface area contributed by atoms with E-state index in [1.165, 1.54) is 6.07 Å². The zero-order chi connectivity index (χ0) is 12.5. The van der Waals surface area contributed by atoms with Crippen molar-refractivity contribution in [1.82, 2.24) is 4.98 Å². The first-order valence-electron chi connectivity index (χ1n) is 5.64. The van der Waals surface area contributed by atoms with E-state index in [4.69, 9.17) is 5.73 Å². The summed E-state index contributed by atoms with van der Waals surface area (Å²) in [7, 11) is 0. The standard InChI is InChI=1S/C15H11FN2/c16-13-9-11(3-5-14(13)17)10-4-6-15-12(8-10)2-1-7-18-15/h1-9H,17H2. The van der Waals surface area contributed by atoms with Gasteiger partial charge in [0, 0.05) is 11.6 Å². The van der Waals surface area contributed by atoms with Gasteiger partial charge in [0.05, 0.1) is 11.2 Å². The molecule has 18 heavy (non-hydrogen) atoms. The summed E-state index contributed by atoms with van der Waals surface area (Å²) in [4.78, 5) is 4.25. The molecule has 88 valence electrons. The summed E-state index contributed by atoms with van der Waals surface area (Å²) < 4.78 is 13.4. The second kappa shape index (κ2) is 4.11. The van der Waals surface area contributed by atoms with E-state index in [1.807, 2.05) is 36.4 Å². The Hall–Kier alpha value is -2.42. The van der Waals surface area contributed by atoms with Crippen LogP contribution in [0.25, 0.3) is 22.0 Å². The molecule has 0 spiro atoms. The lowest BCUT2D eigenvalue weighted by Crippen LogP contribution is -1.90. The first-order valence-corrected chi connectivity index (χ1v) is 5.64. The Kier molecular flexibility index (Phi) is 2.45. The summed E-state index contributed by atoms with van der Waals surface area (Å²) in [5.41, 5.74) is 8.33. The summed E-state index contributed by atoms with van der Waals surface area (Å²) in [5.74, 6) is -0.390. The molecular formula is C15H11FN2. The van der Waals surface area contributed by atoms with Gasteiger partial charge in [-0.15, -0.1) is 0 Å². The van der Waals surface area contributed by atoms with Crippen LogP contribution in [0.15, 0.2) is 54.7 Å². The first-order chi connectivity index (χ1) is 8.74. The van der Waals surface area contributed by atoms with E-state index in [2.05, 4.69) is 4.98 Å². The number of rotatable bonds is 1. The molecule has 3 heteroatoms. The molecule has 0 aliphatic carbocycles. The van der Waals surface area contributed by atoms with Crippen LogP contribution in [0.4, 0.5) is 10.1 Å². The summed E-state index contributed by atoms with van der Waals surface area (Å²) in [5, 5.41) is 1.03. The van der Waals surface area contributed by atoms with Gasteiger partial charge in [0.2, 0.25) is 0 Å². The van der Waals surface area contributed by atoms with Crippen LogP contribution in [0.1, 0.15) is 0 Å². The fourth-order valence-corrected chi connectivity index (χ4v) is 1.96. The number of benzene rings is 2. The summed E-state index contributed by atoms with van der Waals surface area (Å²) >= 11 is 0. The van der Waals surface area contributed by atoms with Crippen LogP contribution in [0.3, 0.4) is 0 Å². The van der Waals surface area contributed by atoms with Crippen molar-refractivity contribution in [2.24, 2.45) is 0 Å². The SMILES string of the molecule is Nc1ccc(-c2ccc3ncccc3c2)cc1F. The Bertz CT molecular complexity index is 723. The summed E-state index contributed by atoms with van der Waals surface area (Å²) in [6, 6.07) is 14.6. The number of anilines is 1. The average Bonchev–Trinajstić information content (AvgIpc) is 2.41. The second-order valence-electron chi connectivity index (χ2n) is 4.15. The van der Waals surface area contributed by atoms with Gasteiger partial charge in [-0.25, -0.2) is 4.39 Å². The maximum Gasteiger partial charge on any atom is 0.146 e. The van der Waals surface area contributed by atoms with Gasteiger partial charge in [-0.1, -0.05) is 18.2 Å². The van der Waals surface area contributed by atoms with Crippen LogP contribution in [0, 0.1) is 5.82 Å². The molecule has 2 aromatic carbocycles. The second-order valence-corrected chi connectivity index (χ2v) is 4.15. The van der Waals surface area contributed by atoms with E-state index < -0.39 is 5.82 Å². The lowest BCUT2D eigenvalue weighted by atomic mass is 10.0.